The Hall–Kier alpha value is -0.120. The van der Waals surface area contributed by atoms with Crippen LogP contribution in [0.4, 0.5) is 0 Å². The van der Waals surface area contributed by atoms with Crippen LogP contribution >= 0.6 is 0 Å². The number of methoxy groups -OCH3 is 1. The molecule has 3 heteroatoms. The summed E-state index contributed by atoms with van der Waals surface area (Å²) >= 11 is 0. The largest absolute Gasteiger partial charge is 0.396 e. The lowest BCUT2D eigenvalue weighted by atomic mass is 10.0. The van der Waals surface area contributed by atoms with Crippen LogP contribution in [-0.4, -0.2) is 37.6 Å². The first-order valence-electron chi connectivity index (χ1n) is 4.03. The van der Waals surface area contributed by atoms with E-state index in [1.54, 1.807) is 7.11 Å². The molecule has 0 aromatic rings. The molecule has 1 aliphatic rings. The van der Waals surface area contributed by atoms with Gasteiger partial charge in [0, 0.05) is 19.6 Å². The zero-order valence-corrected chi connectivity index (χ0v) is 7.12. The average Bonchev–Trinajstić information content (AvgIpc) is 2.32. The molecule has 1 heterocycles. The molecule has 3 atom stereocenters. The number of aliphatic hydroxyl groups excluding tert-OH is 1. The molecule has 1 saturated heterocycles. The minimum atomic E-state index is 0.0972. The predicted octanol–water partition coefficient (Wildman–Crippen LogP) is 0.419. The van der Waals surface area contributed by atoms with Gasteiger partial charge >= 0.3 is 0 Å². The van der Waals surface area contributed by atoms with Crippen LogP contribution in [0.15, 0.2) is 0 Å². The van der Waals surface area contributed by atoms with Crippen molar-refractivity contribution in [3.05, 3.63) is 0 Å². The van der Waals surface area contributed by atoms with Crippen molar-refractivity contribution in [2.24, 2.45) is 5.92 Å². The van der Waals surface area contributed by atoms with E-state index in [4.69, 9.17) is 14.6 Å². The van der Waals surface area contributed by atoms with E-state index in [0.717, 1.165) is 6.42 Å². The highest BCUT2D eigenvalue weighted by Crippen LogP contribution is 2.25. The van der Waals surface area contributed by atoms with Crippen molar-refractivity contribution in [1.82, 2.24) is 0 Å². The predicted molar refractivity (Wildman–Crippen MR) is 41.4 cm³/mol. The number of rotatable bonds is 3. The van der Waals surface area contributed by atoms with Crippen molar-refractivity contribution in [1.29, 1.82) is 0 Å². The topological polar surface area (TPSA) is 38.7 Å². The summed E-state index contributed by atoms with van der Waals surface area (Å²) in [4.78, 5) is 0. The van der Waals surface area contributed by atoms with Crippen LogP contribution in [0.2, 0.25) is 0 Å². The Kier molecular flexibility index (Phi) is 3.30. The second-order valence-electron chi connectivity index (χ2n) is 3.12. The second-order valence-corrected chi connectivity index (χ2v) is 3.12. The Morgan fingerprint density at radius 3 is 2.91 bits per heavy atom. The molecule has 1 fully saturated rings. The molecule has 1 aliphatic heterocycles. The number of ether oxygens (including phenoxy) is 2. The quantitative estimate of drug-likeness (QED) is 0.650. The maximum Gasteiger partial charge on any atom is 0.0862 e. The number of aliphatic hydroxyl groups is 1. The van der Waals surface area contributed by atoms with Gasteiger partial charge in [0.15, 0.2) is 0 Å². The zero-order valence-electron chi connectivity index (χ0n) is 7.12. The van der Waals surface area contributed by atoms with Gasteiger partial charge in [-0.05, 0) is 13.3 Å². The molecular formula is C8H16O3. The van der Waals surface area contributed by atoms with E-state index in [1.807, 2.05) is 6.92 Å². The summed E-state index contributed by atoms with van der Waals surface area (Å²) in [6.45, 7) is 2.83. The Labute approximate surface area is 67.3 Å². The van der Waals surface area contributed by atoms with Gasteiger partial charge in [0.1, 0.15) is 0 Å². The summed E-state index contributed by atoms with van der Waals surface area (Å²) in [5, 5.41) is 8.95. The second kappa shape index (κ2) is 4.04. The van der Waals surface area contributed by atoms with Gasteiger partial charge in [-0.1, -0.05) is 0 Å². The average molecular weight is 160 g/mol. The molecule has 1 N–H and O–H groups in total. The highest BCUT2D eigenvalue weighted by molar-refractivity contribution is 4.79. The monoisotopic (exact) mass is 160 g/mol. The van der Waals surface area contributed by atoms with Gasteiger partial charge in [-0.3, -0.25) is 0 Å². The van der Waals surface area contributed by atoms with Gasteiger partial charge in [-0.2, -0.15) is 0 Å². The normalized spacial score (nSPS) is 37.9. The lowest BCUT2D eigenvalue weighted by Gasteiger charge is -2.14. The molecule has 0 unspecified atom stereocenters. The molecule has 0 amide bonds. The zero-order chi connectivity index (χ0) is 8.27. The van der Waals surface area contributed by atoms with E-state index in [9.17, 15) is 0 Å². The molecule has 0 bridgehead atoms. The van der Waals surface area contributed by atoms with Gasteiger partial charge < -0.3 is 14.6 Å². The van der Waals surface area contributed by atoms with Crippen LogP contribution in [0.5, 0.6) is 0 Å². The molecule has 0 saturated carbocycles. The standard InChI is InChI=1S/C8H16O3/c1-6-3-7(4-9)8(11-6)5-10-2/h6-9H,3-5H2,1-2H3/t6-,7+,8+/m0/s1. The first-order valence-corrected chi connectivity index (χ1v) is 4.03. The molecule has 1 rings (SSSR count). The summed E-state index contributed by atoms with van der Waals surface area (Å²) in [7, 11) is 1.65. The van der Waals surface area contributed by atoms with E-state index < -0.39 is 0 Å². The molecule has 11 heavy (non-hydrogen) atoms. The summed E-state index contributed by atoms with van der Waals surface area (Å²) < 4.78 is 10.5. The van der Waals surface area contributed by atoms with Crippen molar-refractivity contribution < 1.29 is 14.6 Å². The van der Waals surface area contributed by atoms with Crippen LogP contribution < -0.4 is 0 Å². The van der Waals surface area contributed by atoms with E-state index in [-0.39, 0.29) is 24.7 Å². The molecule has 0 aliphatic carbocycles. The molecule has 0 aromatic heterocycles. The van der Waals surface area contributed by atoms with Crippen molar-refractivity contribution >= 4 is 0 Å². The molecule has 3 nitrogen and oxygen atoms in total. The van der Waals surface area contributed by atoms with Gasteiger partial charge in [-0.25, -0.2) is 0 Å². The Balaban J connectivity index is 2.37. The third-order valence-electron chi connectivity index (χ3n) is 2.13. The summed E-state index contributed by atoms with van der Waals surface area (Å²) in [5.41, 5.74) is 0. The van der Waals surface area contributed by atoms with Crippen LogP contribution in [0.25, 0.3) is 0 Å². The maximum absolute atomic E-state index is 8.95. The summed E-state index contributed by atoms with van der Waals surface area (Å²) in [6.07, 6.45) is 1.32. The van der Waals surface area contributed by atoms with E-state index in [2.05, 4.69) is 0 Å². The van der Waals surface area contributed by atoms with Gasteiger partial charge in [0.25, 0.3) is 0 Å². The van der Waals surface area contributed by atoms with E-state index in [1.165, 1.54) is 0 Å². The highest BCUT2D eigenvalue weighted by atomic mass is 16.5. The lowest BCUT2D eigenvalue weighted by Crippen LogP contribution is -2.24. The fraction of sp³-hybridized carbons (Fsp3) is 1.00. The molecule has 0 radical (unpaired) electrons. The molecule has 0 spiro atoms. The van der Waals surface area contributed by atoms with Gasteiger partial charge in [-0.15, -0.1) is 0 Å². The van der Waals surface area contributed by atoms with Crippen LogP contribution in [0.1, 0.15) is 13.3 Å². The van der Waals surface area contributed by atoms with Crippen molar-refractivity contribution in [3.63, 3.8) is 0 Å². The smallest absolute Gasteiger partial charge is 0.0862 e. The summed E-state index contributed by atoms with van der Waals surface area (Å²) in [5.74, 6) is 0.268. The SMILES string of the molecule is COC[C@H]1O[C@@H](C)C[C@@H]1CO. The van der Waals surface area contributed by atoms with E-state index in [0.29, 0.717) is 6.61 Å². The van der Waals surface area contributed by atoms with Crippen molar-refractivity contribution in [3.8, 4) is 0 Å². The fourth-order valence-electron chi connectivity index (χ4n) is 1.57. The minimum absolute atomic E-state index is 0.0972. The third kappa shape index (κ3) is 2.15. The fourth-order valence-corrected chi connectivity index (χ4v) is 1.57. The van der Waals surface area contributed by atoms with Crippen molar-refractivity contribution in [2.75, 3.05) is 20.3 Å². The molecule has 0 aromatic carbocycles. The highest BCUT2D eigenvalue weighted by Gasteiger charge is 2.31. The Bertz CT molecular complexity index is 116. The first kappa shape index (κ1) is 8.97. The number of hydrogen-bond donors (Lipinski definition) is 1. The van der Waals surface area contributed by atoms with Crippen molar-refractivity contribution in [2.45, 2.75) is 25.6 Å². The Morgan fingerprint density at radius 2 is 2.36 bits per heavy atom. The Morgan fingerprint density at radius 1 is 1.64 bits per heavy atom. The van der Waals surface area contributed by atoms with Crippen LogP contribution in [0.3, 0.4) is 0 Å². The summed E-state index contributed by atoms with van der Waals surface area (Å²) in [6, 6.07) is 0. The van der Waals surface area contributed by atoms with Gasteiger partial charge in [0.05, 0.1) is 18.8 Å². The van der Waals surface area contributed by atoms with Crippen LogP contribution in [-0.2, 0) is 9.47 Å². The number of hydrogen-bond acceptors (Lipinski definition) is 3. The molecule has 66 valence electrons. The van der Waals surface area contributed by atoms with Crippen LogP contribution in [0, 0.1) is 5.92 Å². The van der Waals surface area contributed by atoms with E-state index >= 15 is 0 Å². The first-order chi connectivity index (χ1) is 5.27. The third-order valence-corrected chi connectivity index (χ3v) is 2.13. The minimum Gasteiger partial charge on any atom is -0.396 e. The molecular weight excluding hydrogens is 144 g/mol. The van der Waals surface area contributed by atoms with Gasteiger partial charge in [0.2, 0.25) is 0 Å². The lowest BCUT2D eigenvalue weighted by molar-refractivity contribution is -0.0142. The maximum atomic E-state index is 8.95.